The van der Waals surface area contributed by atoms with E-state index < -0.39 is 0 Å². The van der Waals surface area contributed by atoms with Crippen molar-refractivity contribution in [2.75, 3.05) is 19.6 Å². The molecule has 2 N–H and O–H groups in total. The first kappa shape index (κ1) is 14.8. The Morgan fingerprint density at radius 2 is 1.88 bits per heavy atom. The Bertz CT molecular complexity index is 252. The van der Waals surface area contributed by atoms with Crippen LogP contribution in [0.1, 0.15) is 39.0 Å². The standard InChI is InChI=1S/C13H24N2O.ClH/c1-10-5-7-15(8-6-10)13(16)12-4-2-3-11(12)9-14;/h10-12H,2-9,14H2,1H3;1H/t11-,12-;/m1./s1. The summed E-state index contributed by atoms with van der Waals surface area (Å²) in [6, 6.07) is 0. The van der Waals surface area contributed by atoms with E-state index in [0.717, 1.165) is 31.8 Å². The number of nitrogens with zero attached hydrogens (tertiary/aromatic N) is 1. The maximum absolute atomic E-state index is 12.3. The molecule has 0 aromatic heterocycles. The average molecular weight is 261 g/mol. The molecule has 1 heterocycles. The number of carbonyl (C=O) groups excluding carboxylic acids is 1. The summed E-state index contributed by atoms with van der Waals surface area (Å²) in [5, 5.41) is 0. The van der Waals surface area contributed by atoms with E-state index in [4.69, 9.17) is 5.73 Å². The highest BCUT2D eigenvalue weighted by atomic mass is 35.5. The highest BCUT2D eigenvalue weighted by Gasteiger charge is 2.35. The van der Waals surface area contributed by atoms with E-state index >= 15 is 0 Å². The van der Waals surface area contributed by atoms with Gasteiger partial charge in [-0.25, -0.2) is 0 Å². The molecular weight excluding hydrogens is 236 g/mol. The molecule has 0 unspecified atom stereocenters. The van der Waals surface area contributed by atoms with Gasteiger partial charge in [-0.3, -0.25) is 4.79 Å². The predicted octanol–water partition coefficient (Wildman–Crippen LogP) is 2.04. The summed E-state index contributed by atoms with van der Waals surface area (Å²) in [4.78, 5) is 14.4. The lowest BCUT2D eigenvalue weighted by Crippen LogP contribution is -2.43. The molecule has 2 rings (SSSR count). The minimum Gasteiger partial charge on any atom is -0.342 e. The molecular formula is C13H25ClN2O. The first-order chi connectivity index (χ1) is 7.72. The second kappa shape index (κ2) is 6.60. The van der Waals surface area contributed by atoms with Gasteiger partial charge < -0.3 is 10.6 Å². The van der Waals surface area contributed by atoms with Crippen molar-refractivity contribution in [3.8, 4) is 0 Å². The van der Waals surface area contributed by atoms with Crippen LogP contribution in [0.4, 0.5) is 0 Å². The number of nitrogens with two attached hydrogens (primary N) is 1. The maximum atomic E-state index is 12.3. The van der Waals surface area contributed by atoms with Gasteiger partial charge in [0.15, 0.2) is 0 Å². The summed E-state index contributed by atoms with van der Waals surface area (Å²) in [6.45, 7) is 4.89. The van der Waals surface area contributed by atoms with Crippen molar-refractivity contribution in [3.05, 3.63) is 0 Å². The highest BCUT2D eigenvalue weighted by molar-refractivity contribution is 5.85. The highest BCUT2D eigenvalue weighted by Crippen LogP contribution is 2.33. The van der Waals surface area contributed by atoms with Crippen molar-refractivity contribution >= 4 is 18.3 Å². The Morgan fingerprint density at radius 1 is 1.24 bits per heavy atom. The smallest absolute Gasteiger partial charge is 0.226 e. The Labute approximate surface area is 111 Å². The molecule has 2 atom stereocenters. The van der Waals surface area contributed by atoms with E-state index in [1.165, 1.54) is 19.3 Å². The fourth-order valence-electron chi connectivity index (χ4n) is 3.11. The Balaban J connectivity index is 0.00000144. The molecule has 4 heteroatoms. The normalized spacial score (nSPS) is 30.1. The molecule has 1 aliphatic heterocycles. The summed E-state index contributed by atoms with van der Waals surface area (Å²) in [6.07, 6.45) is 5.74. The number of halogens is 1. The quantitative estimate of drug-likeness (QED) is 0.826. The third-order valence-electron chi connectivity index (χ3n) is 4.37. The largest absolute Gasteiger partial charge is 0.342 e. The van der Waals surface area contributed by atoms with Gasteiger partial charge in [0.05, 0.1) is 0 Å². The molecule has 0 aromatic carbocycles. The first-order valence-electron chi connectivity index (χ1n) is 6.71. The summed E-state index contributed by atoms with van der Waals surface area (Å²) in [5.41, 5.74) is 5.74. The van der Waals surface area contributed by atoms with Crippen LogP contribution in [0, 0.1) is 17.8 Å². The van der Waals surface area contributed by atoms with Gasteiger partial charge in [0.25, 0.3) is 0 Å². The molecule has 0 bridgehead atoms. The molecule has 17 heavy (non-hydrogen) atoms. The topological polar surface area (TPSA) is 46.3 Å². The summed E-state index contributed by atoms with van der Waals surface area (Å²) in [5.74, 6) is 1.86. The van der Waals surface area contributed by atoms with Crippen LogP contribution in [0.25, 0.3) is 0 Å². The van der Waals surface area contributed by atoms with Gasteiger partial charge in [-0.15, -0.1) is 12.4 Å². The molecule has 3 nitrogen and oxygen atoms in total. The van der Waals surface area contributed by atoms with Gasteiger partial charge in [0.1, 0.15) is 0 Å². The monoisotopic (exact) mass is 260 g/mol. The van der Waals surface area contributed by atoms with E-state index in [1.54, 1.807) is 0 Å². The van der Waals surface area contributed by atoms with Crippen LogP contribution in [0.15, 0.2) is 0 Å². The third kappa shape index (κ3) is 3.35. The van der Waals surface area contributed by atoms with E-state index in [1.807, 2.05) is 0 Å². The SMILES string of the molecule is CC1CCN(C(=O)[C@@H]2CCC[C@@H]2CN)CC1.Cl. The number of hydrogen-bond acceptors (Lipinski definition) is 2. The number of amides is 1. The van der Waals surface area contributed by atoms with Crippen molar-refractivity contribution in [1.29, 1.82) is 0 Å². The van der Waals surface area contributed by atoms with Crippen LogP contribution in [0.3, 0.4) is 0 Å². The summed E-state index contributed by atoms with van der Waals surface area (Å²) in [7, 11) is 0. The molecule has 0 spiro atoms. The fraction of sp³-hybridized carbons (Fsp3) is 0.923. The fourth-order valence-corrected chi connectivity index (χ4v) is 3.11. The average Bonchev–Trinajstić information content (AvgIpc) is 2.77. The lowest BCUT2D eigenvalue weighted by Gasteiger charge is -2.33. The molecule has 1 saturated heterocycles. The molecule has 2 fully saturated rings. The van der Waals surface area contributed by atoms with Crippen LogP contribution in [0.5, 0.6) is 0 Å². The number of likely N-dealkylation sites (tertiary alicyclic amines) is 1. The predicted molar refractivity (Wildman–Crippen MR) is 72.1 cm³/mol. The second-order valence-corrected chi connectivity index (χ2v) is 5.54. The third-order valence-corrected chi connectivity index (χ3v) is 4.37. The van der Waals surface area contributed by atoms with E-state index in [0.29, 0.717) is 18.4 Å². The van der Waals surface area contributed by atoms with Crippen LogP contribution in [-0.2, 0) is 4.79 Å². The molecule has 0 aromatic rings. The number of carbonyl (C=O) groups is 1. The number of hydrogen-bond donors (Lipinski definition) is 1. The zero-order chi connectivity index (χ0) is 11.5. The molecule has 1 amide bonds. The second-order valence-electron chi connectivity index (χ2n) is 5.54. The van der Waals surface area contributed by atoms with Gasteiger partial charge in [0, 0.05) is 19.0 Å². The van der Waals surface area contributed by atoms with Crippen molar-refractivity contribution in [2.24, 2.45) is 23.5 Å². The molecule has 0 radical (unpaired) electrons. The Hall–Kier alpha value is -0.280. The number of piperidine rings is 1. The van der Waals surface area contributed by atoms with Gasteiger partial charge in [-0.2, -0.15) is 0 Å². The first-order valence-corrected chi connectivity index (χ1v) is 6.71. The van der Waals surface area contributed by atoms with Crippen molar-refractivity contribution in [2.45, 2.75) is 39.0 Å². The van der Waals surface area contributed by atoms with E-state index in [-0.39, 0.29) is 18.3 Å². The number of rotatable bonds is 2. The zero-order valence-corrected chi connectivity index (χ0v) is 11.5. The van der Waals surface area contributed by atoms with Crippen LogP contribution >= 0.6 is 12.4 Å². The molecule has 2 aliphatic rings. The van der Waals surface area contributed by atoms with Crippen molar-refractivity contribution in [1.82, 2.24) is 4.90 Å². The Kier molecular flexibility index (Phi) is 5.74. The lowest BCUT2D eigenvalue weighted by molar-refractivity contribution is -0.137. The summed E-state index contributed by atoms with van der Waals surface area (Å²) < 4.78 is 0. The van der Waals surface area contributed by atoms with Gasteiger partial charge in [-0.1, -0.05) is 13.3 Å². The van der Waals surface area contributed by atoms with Crippen molar-refractivity contribution in [3.63, 3.8) is 0 Å². The van der Waals surface area contributed by atoms with Gasteiger partial charge >= 0.3 is 0 Å². The van der Waals surface area contributed by atoms with Gasteiger partial charge in [-0.05, 0) is 44.1 Å². The lowest BCUT2D eigenvalue weighted by atomic mass is 9.92. The van der Waals surface area contributed by atoms with Gasteiger partial charge in [0.2, 0.25) is 5.91 Å². The molecule has 1 saturated carbocycles. The minimum atomic E-state index is 0. The zero-order valence-electron chi connectivity index (χ0n) is 10.7. The maximum Gasteiger partial charge on any atom is 0.226 e. The van der Waals surface area contributed by atoms with E-state index in [2.05, 4.69) is 11.8 Å². The minimum absolute atomic E-state index is 0. The van der Waals surface area contributed by atoms with E-state index in [9.17, 15) is 4.79 Å². The molecule has 1 aliphatic carbocycles. The Morgan fingerprint density at radius 3 is 2.47 bits per heavy atom. The van der Waals surface area contributed by atoms with Crippen LogP contribution < -0.4 is 5.73 Å². The summed E-state index contributed by atoms with van der Waals surface area (Å²) >= 11 is 0. The van der Waals surface area contributed by atoms with Crippen LogP contribution in [0.2, 0.25) is 0 Å². The van der Waals surface area contributed by atoms with Crippen molar-refractivity contribution < 1.29 is 4.79 Å². The van der Waals surface area contributed by atoms with Crippen LogP contribution in [-0.4, -0.2) is 30.4 Å². The molecule has 100 valence electrons.